The molecule has 3 aromatic heterocycles. The maximum absolute atomic E-state index is 5.41. The highest BCUT2D eigenvalue weighted by Crippen LogP contribution is 2.29. The van der Waals surface area contributed by atoms with Crippen molar-refractivity contribution in [3.8, 4) is 22.9 Å². The van der Waals surface area contributed by atoms with Crippen molar-refractivity contribution in [2.24, 2.45) is 0 Å². The van der Waals surface area contributed by atoms with Crippen molar-refractivity contribution >= 4 is 17.0 Å². The zero-order valence-corrected chi connectivity index (χ0v) is 12.5. The lowest BCUT2D eigenvalue weighted by Crippen LogP contribution is -2.15. The van der Waals surface area contributed by atoms with Gasteiger partial charge in [0.15, 0.2) is 5.65 Å². The molecule has 0 saturated heterocycles. The van der Waals surface area contributed by atoms with Crippen LogP contribution in [-0.2, 0) is 5.41 Å². The first-order valence-electron chi connectivity index (χ1n) is 6.33. The zero-order valence-electron chi connectivity index (χ0n) is 11.6. The Morgan fingerprint density at radius 3 is 2.80 bits per heavy atom. The molecular weight excluding hydrogens is 266 g/mol. The number of aromatic nitrogens is 3. The van der Waals surface area contributed by atoms with Crippen molar-refractivity contribution in [1.82, 2.24) is 14.4 Å². The lowest BCUT2D eigenvalue weighted by Gasteiger charge is -2.17. The summed E-state index contributed by atoms with van der Waals surface area (Å²) in [5, 5.41) is 0. The molecule has 0 aliphatic carbocycles. The minimum Gasteiger partial charge on any atom is -0.294 e. The summed E-state index contributed by atoms with van der Waals surface area (Å²) < 4.78 is 1.90. The fourth-order valence-electron chi connectivity index (χ4n) is 2.04. The van der Waals surface area contributed by atoms with Gasteiger partial charge in [0.05, 0.1) is 15.4 Å². The third-order valence-electron chi connectivity index (χ3n) is 3.00. The van der Waals surface area contributed by atoms with Crippen molar-refractivity contribution in [2.75, 3.05) is 0 Å². The molecule has 1 radical (unpaired) electrons. The van der Waals surface area contributed by atoms with Gasteiger partial charge in [-0.2, -0.15) is 0 Å². The number of rotatable bonds is 1. The monoisotopic (exact) mass is 280 g/mol. The highest BCUT2D eigenvalue weighted by Gasteiger charge is 2.21. The van der Waals surface area contributed by atoms with E-state index in [4.69, 9.17) is 6.42 Å². The van der Waals surface area contributed by atoms with Crippen LogP contribution < -0.4 is 0 Å². The molecule has 3 rings (SSSR count). The number of fused-ring (bicyclic) bond motifs is 1. The van der Waals surface area contributed by atoms with Crippen molar-refractivity contribution < 1.29 is 0 Å². The molecule has 0 unspecified atom stereocenters. The standard InChI is InChI=1S/C16H14N3S/c1-5-11-6-7-13(20-11)12-10-19-9-8-17-14(15(19)18-12)16(2,3)4/h1,6-9H,2-4H3. The Morgan fingerprint density at radius 1 is 1.35 bits per heavy atom. The summed E-state index contributed by atoms with van der Waals surface area (Å²) in [4.78, 5) is 11.1. The number of imidazole rings is 1. The average Bonchev–Trinajstić information content (AvgIpc) is 3.02. The maximum Gasteiger partial charge on any atom is 0.160 e. The van der Waals surface area contributed by atoms with Crippen molar-refractivity contribution in [1.29, 1.82) is 0 Å². The Bertz CT molecular complexity index is 812. The zero-order chi connectivity index (χ0) is 14.3. The van der Waals surface area contributed by atoms with E-state index in [1.54, 1.807) is 17.5 Å². The molecule has 0 saturated carbocycles. The molecule has 99 valence electrons. The van der Waals surface area contributed by atoms with Crippen LogP contribution in [0.25, 0.3) is 16.2 Å². The van der Waals surface area contributed by atoms with Crippen LogP contribution in [-0.4, -0.2) is 14.4 Å². The smallest absolute Gasteiger partial charge is 0.160 e. The van der Waals surface area contributed by atoms with E-state index in [9.17, 15) is 0 Å². The van der Waals surface area contributed by atoms with Gasteiger partial charge >= 0.3 is 0 Å². The van der Waals surface area contributed by atoms with Crippen LogP contribution >= 0.6 is 11.3 Å². The Labute approximate surface area is 122 Å². The Hall–Kier alpha value is -2.12. The lowest BCUT2D eigenvalue weighted by atomic mass is 9.92. The van der Waals surface area contributed by atoms with Crippen LogP contribution in [0.2, 0.25) is 0 Å². The summed E-state index contributed by atoms with van der Waals surface area (Å²) in [6, 6.07) is 3.92. The van der Waals surface area contributed by atoms with E-state index in [1.165, 1.54) is 0 Å². The van der Waals surface area contributed by atoms with Crippen LogP contribution in [0.15, 0.2) is 24.5 Å². The quantitative estimate of drug-likeness (QED) is 0.638. The molecule has 0 aromatic carbocycles. The predicted molar refractivity (Wildman–Crippen MR) is 81.8 cm³/mol. The summed E-state index contributed by atoms with van der Waals surface area (Å²) in [5.74, 6) is 2.64. The van der Waals surface area contributed by atoms with Gasteiger partial charge in [-0.3, -0.25) is 9.38 Å². The summed E-state index contributed by atoms with van der Waals surface area (Å²) in [7, 11) is 0. The Kier molecular flexibility index (Phi) is 2.88. The van der Waals surface area contributed by atoms with E-state index in [0.717, 1.165) is 26.8 Å². The molecule has 0 amide bonds. The molecule has 0 aliphatic rings. The highest BCUT2D eigenvalue weighted by atomic mass is 32.1. The molecule has 0 bridgehead atoms. The first-order chi connectivity index (χ1) is 9.49. The van der Waals surface area contributed by atoms with Gasteiger partial charge in [0.1, 0.15) is 11.9 Å². The van der Waals surface area contributed by atoms with Gasteiger partial charge in [0.2, 0.25) is 0 Å². The van der Waals surface area contributed by atoms with Crippen molar-refractivity contribution in [3.63, 3.8) is 0 Å². The van der Waals surface area contributed by atoms with Crippen LogP contribution in [0.1, 0.15) is 31.3 Å². The number of hydrogen-bond acceptors (Lipinski definition) is 3. The number of hydrogen-bond donors (Lipinski definition) is 0. The molecule has 0 atom stereocenters. The third-order valence-corrected chi connectivity index (χ3v) is 4.02. The second-order valence-electron chi connectivity index (χ2n) is 5.60. The van der Waals surface area contributed by atoms with Gasteiger partial charge in [-0.05, 0) is 12.1 Å². The van der Waals surface area contributed by atoms with E-state index >= 15 is 0 Å². The first kappa shape index (κ1) is 12.9. The molecule has 0 N–H and O–H groups in total. The molecule has 3 heterocycles. The molecular formula is C16H14N3S. The van der Waals surface area contributed by atoms with Crippen LogP contribution in [0, 0.1) is 18.5 Å². The molecule has 0 fully saturated rings. The van der Waals surface area contributed by atoms with E-state index in [2.05, 4.69) is 42.9 Å². The Balaban J connectivity index is 2.18. The van der Waals surface area contributed by atoms with E-state index in [0.29, 0.717) is 0 Å². The third kappa shape index (κ3) is 2.10. The first-order valence-corrected chi connectivity index (χ1v) is 7.14. The van der Waals surface area contributed by atoms with Gasteiger partial charge < -0.3 is 0 Å². The molecule has 0 aliphatic heterocycles. The molecule has 20 heavy (non-hydrogen) atoms. The van der Waals surface area contributed by atoms with Gasteiger partial charge in [-0.15, -0.1) is 17.8 Å². The van der Waals surface area contributed by atoms with Gasteiger partial charge in [-0.1, -0.05) is 26.7 Å². The van der Waals surface area contributed by atoms with Gasteiger partial charge in [0, 0.05) is 17.8 Å². The fourth-order valence-corrected chi connectivity index (χ4v) is 2.80. The minimum atomic E-state index is -0.0571. The SMILES string of the molecule is C#Cc1ccc(-c2[c]n3ccnc(C(C)(C)C)c3n2)s1. The van der Waals surface area contributed by atoms with Crippen molar-refractivity contribution in [2.45, 2.75) is 26.2 Å². The van der Waals surface area contributed by atoms with Crippen LogP contribution in [0.5, 0.6) is 0 Å². The predicted octanol–water partition coefficient (Wildman–Crippen LogP) is 3.54. The number of nitrogens with zero attached hydrogens (tertiary/aromatic N) is 3. The summed E-state index contributed by atoms with van der Waals surface area (Å²) in [6.07, 6.45) is 12.3. The van der Waals surface area contributed by atoms with Gasteiger partial charge in [0.25, 0.3) is 0 Å². The minimum absolute atomic E-state index is 0.0571. The van der Waals surface area contributed by atoms with Crippen LogP contribution in [0.4, 0.5) is 0 Å². The largest absolute Gasteiger partial charge is 0.294 e. The summed E-state index contributed by atoms with van der Waals surface area (Å²) in [6.45, 7) is 6.39. The Morgan fingerprint density at radius 2 is 2.15 bits per heavy atom. The van der Waals surface area contributed by atoms with E-state index in [1.807, 2.05) is 22.7 Å². The second-order valence-corrected chi connectivity index (χ2v) is 6.68. The summed E-state index contributed by atoms with van der Waals surface area (Å²) >= 11 is 1.55. The topological polar surface area (TPSA) is 30.2 Å². The van der Waals surface area contributed by atoms with Gasteiger partial charge in [-0.25, -0.2) is 4.98 Å². The molecule has 3 aromatic rings. The van der Waals surface area contributed by atoms with Crippen molar-refractivity contribution in [3.05, 3.63) is 41.3 Å². The maximum atomic E-state index is 5.41. The van der Waals surface area contributed by atoms with E-state index < -0.39 is 0 Å². The van der Waals surface area contributed by atoms with E-state index in [-0.39, 0.29) is 5.41 Å². The average molecular weight is 280 g/mol. The molecule has 3 nitrogen and oxygen atoms in total. The fraction of sp³-hybridized carbons (Fsp3) is 0.250. The van der Waals surface area contributed by atoms with Crippen LogP contribution in [0.3, 0.4) is 0 Å². The second kappa shape index (κ2) is 4.46. The highest BCUT2D eigenvalue weighted by molar-refractivity contribution is 7.16. The number of thiophene rings is 1. The normalized spacial score (nSPS) is 11.7. The lowest BCUT2D eigenvalue weighted by molar-refractivity contribution is 0.570. The molecule has 4 heteroatoms. The number of terminal acetylenes is 1. The molecule has 0 spiro atoms. The summed E-state index contributed by atoms with van der Waals surface area (Å²) in [5.41, 5.74) is 2.58.